The molecule has 0 atom stereocenters. The second kappa shape index (κ2) is 7.25. The molecule has 0 saturated heterocycles. The zero-order valence-corrected chi connectivity index (χ0v) is 13.0. The molecule has 0 bridgehead atoms. The van der Waals surface area contributed by atoms with E-state index in [2.05, 4.69) is 16.4 Å². The fourth-order valence-corrected chi connectivity index (χ4v) is 2.12. The summed E-state index contributed by atoms with van der Waals surface area (Å²) in [5, 5.41) is 3.06. The van der Waals surface area contributed by atoms with E-state index in [0.717, 1.165) is 17.7 Å². The van der Waals surface area contributed by atoms with Gasteiger partial charge in [0.1, 0.15) is 5.75 Å². The highest BCUT2D eigenvalue weighted by Gasteiger charge is 2.29. The van der Waals surface area contributed by atoms with Crippen LogP contribution in [0.15, 0.2) is 66.9 Å². The monoisotopic (exact) mass is 343 g/mol. The van der Waals surface area contributed by atoms with E-state index in [4.69, 9.17) is 4.74 Å². The molecule has 0 aliphatic carbocycles. The highest BCUT2D eigenvalue weighted by Crippen LogP contribution is 2.29. The molecule has 0 unspecified atom stereocenters. The van der Waals surface area contributed by atoms with Crippen molar-refractivity contribution in [1.29, 1.82) is 0 Å². The van der Waals surface area contributed by atoms with E-state index in [-0.39, 0.29) is 0 Å². The smallest absolute Gasteiger partial charge is 0.416 e. The van der Waals surface area contributed by atoms with Gasteiger partial charge in [-0.3, -0.25) is 0 Å². The number of halogens is 3. The van der Waals surface area contributed by atoms with E-state index in [1.54, 1.807) is 36.5 Å². The van der Waals surface area contributed by atoms with Gasteiger partial charge in [0.15, 0.2) is 0 Å². The van der Waals surface area contributed by atoms with Gasteiger partial charge in [0, 0.05) is 24.5 Å². The van der Waals surface area contributed by atoms with Crippen LogP contribution in [0.5, 0.6) is 11.6 Å². The summed E-state index contributed by atoms with van der Waals surface area (Å²) in [6, 6.07) is 18.4. The van der Waals surface area contributed by atoms with Gasteiger partial charge in [0.2, 0.25) is 5.88 Å². The summed E-state index contributed by atoms with van der Waals surface area (Å²) in [6.45, 7) is 0.443. The average molecular weight is 343 g/mol. The van der Waals surface area contributed by atoms with Crippen molar-refractivity contribution in [2.24, 2.45) is 0 Å². The van der Waals surface area contributed by atoms with Crippen LogP contribution in [0.3, 0.4) is 0 Å². The van der Waals surface area contributed by atoms with E-state index < -0.39 is 11.7 Å². The number of nitrogens with zero attached hydrogens (tertiary/aromatic N) is 1. The van der Waals surface area contributed by atoms with Crippen LogP contribution in [-0.2, 0) is 12.7 Å². The normalized spacial score (nSPS) is 11.2. The Morgan fingerprint density at radius 2 is 1.68 bits per heavy atom. The fourth-order valence-electron chi connectivity index (χ4n) is 2.12. The summed E-state index contributed by atoms with van der Waals surface area (Å²) in [5.74, 6) is 1.13. The van der Waals surface area contributed by atoms with E-state index >= 15 is 0 Å². The van der Waals surface area contributed by atoms with Crippen LogP contribution in [0.2, 0.25) is 0 Å². The Labute approximate surface area is 143 Å². The number of alkyl halides is 3. The molecule has 127 valence electrons. The molecule has 2 aromatic carbocycles. The topological polar surface area (TPSA) is 34.1 Å². The van der Waals surface area contributed by atoms with E-state index in [1.807, 2.05) is 6.07 Å². The Hall–Kier alpha value is -3.02. The number of hydrogen-bond acceptors (Lipinski definition) is 3. The van der Waals surface area contributed by atoms with Crippen LogP contribution >= 0.6 is 0 Å². The van der Waals surface area contributed by atoms with Crippen LogP contribution in [-0.4, -0.2) is 4.98 Å². The van der Waals surface area contributed by atoms with Crippen molar-refractivity contribution in [3.05, 3.63) is 84.1 Å². The Bertz CT molecular complexity index is 801. The van der Waals surface area contributed by atoms with Crippen molar-refractivity contribution in [3.8, 4) is 11.6 Å². The molecule has 3 nitrogen and oxygen atoms in total. The minimum absolute atomic E-state index is 0.443. The molecule has 0 spiro atoms. The van der Waals surface area contributed by atoms with Gasteiger partial charge in [0.25, 0.3) is 0 Å². The lowest BCUT2D eigenvalue weighted by Gasteiger charge is -2.10. The quantitative estimate of drug-likeness (QED) is 0.682. The number of nitrogens with one attached hydrogen (secondary N) is 1. The fraction of sp³-hybridized carbons (Fsp3) is 0.105. The van der Waals surface area contributed by atoms with Crippen LogP contribution in [0, 0.1) is 6.07 Å². The predicted octanol–water partition coefficient (Wildman–Crippen LogP) is 5.30. The number of hydrogen-bond donors (Lipinski definition) is 1. The molecule has 0 saturated carbocycles. The van der Waals surface area contributed by atoms with Gasteiger partial charge in [-0.1, -0.05) is 18.2 Å². The Balaban J connectivity index is 1.57. The van der Waals surface area contributed by atoms with Gasteiger partial charge < -0.3 is 10.1 Å². The van der Waals surface area contributed by atoms with E-state index in [9.17, 15) is 13.2 Å². The summed E-state index contributed by atoms with van der Waals surface area (Å²) < 4.78 is 43.1. The lowest BCUT2D eigenvalue weighted by Crippen LogP contribution is -2.05. The van der Waals surface area contributed by atoms with Crippen LogP contribution in [0.1, 0.15) is 11.1 Å². The molecule has 1 aromatic heterocycles. The Morgan fingerprint density at radius 3 is 2.28 bits per heavy atom. The molecule has 6 heteroatoms. The van der Waals surface area contributed by atoms with Gasteiger partial charge >= 0.3 is 6.18 Å². The van der Waals surface area contributed by atoms with E-state index in [0.29, 0.717) is 23.9 Å². The van der Waals surface area contributed by atoms with E-state index in [1.165, 1.54) is 12.1 Å². The second-order valence-corrected chi connectivity index (χ2v) is 5.27. The Kier molecular flexibility index (Phi) is 4.88. The zero-order chi connectivity index (χ0) is 17.7. The molecule has 0 amide bonds. The number of pyridine rings is 1. The lowest BCUT2D eigenvalue weighted by atomic mass is 10.2. The first-order valence-electron chi connectivity index (χ1n) is 7.51. The summed E-state index contributed by atoms with van der Waals surface area (Å²) in [7, 11) is 0. The van der Waals surface area contributed by atoms with Crippen LogP contribution in [0.25, 0.3) is 0 Å². The molecular weight excluding hydrogens is 329 g/mol. The van der Waals surface area contributed by atoms with Crippen LogP contribution in [0.4, 0.5) is 18.9 Å². The zero-order valence-electron chi connectivity index (χ0n) is 13.0. The van der Waals surface area contributed by atoms with Gasteiger partial charge in [-0.15, -0.1) is 0 Å². The summed E-state index contributed by atoms with van der Waals surface area (Å²) in [4.78, 5) is 4.21. The van der Waals surface area contributed by atoms with Gasteiger partial charge in [0.05, 0.1) is 5.56 Å². The third-order valence-corrected chi connectivity index (χ3v) is 3.42. The molecule has 1 radical (unpaired) electrons. The molecular formula is C19H14F3N2O. The molecule has 3 aromatic rings. The molecule has 0 aliphatic heterocycles. The predicted molar refractivity (Wildman–Crippen MR) is 88.4 cm³/mol. The SMILES string of the molecule is FC(F)(F)c1ccc(NCc2ccc(Oc3cc[c]cc3)nc2)cc1. The molecule has 0 aliphatic rings. The second-order valence-electron chi connectivity index (χ2n) is 5.27. The van der Waals surface area contributed by atoms with Gasteiger partial charge in [-0.25, -0.2) is 4.98 Å². The maximum absolute atomic E-state index is 12.5. The lowest BCUT2D eigenvalue weighted by molar-refractivity contribution is -0.137. The van der Waals surface area contributed by atoms with Crippen molar-refractivity contribution >= 4 is 5.69 Å². The minimum atomic E-state index is -4.32. The summed E-state index contributed by atoms with van der Waals surface area (Å²) in [6.07, 6.45) is -2.67. The van der Waals surface area contributed by atoms with Crippen molar-refractivity contribution in [2.45, 2.75) is 12.7 Å². The maximum Gasteiger partial charge on any atom is 0.416 e. The number of rotatable bonds is 5. The molecule has 25 heavy (non-hydrogen) atoms. The van der Waals surface area contributed by atoms with Crippen LogP contribution < -0.4 is 10.1 Å². The summed E-state index contributed by atoms with van der Waals surface area (Å²) >= 11 is 0. The number of anilines is 1. The van der Waals surface area contributed by atoms with Crippen molar-refractivity contribution in [1.82, 2.24) is 4.98 Å². The third-order valence-electron chi connectivity index (χ3n) is 3.42. The van der Waals surface area contributed by atoms with Crippen molar-refractivity contribution < 1.29 is 17.9 Å². The molecule has 1 heterocycles. The highest BCUT2D eigenvalue weighted by atomic mass is 19.4. The largest absolute Gasteiger partial charge is 0.439 e. The standard InChI is InChI=1S/C19H14F3N2O/c20-19(21,22)15-7-9-16(10-8-15)23-12-14-6-11-18(24-13-14)25-17-4-2-1-3-5-17/h2-11,13,23H,12H2. The number of benzene rings is 2. The molecule has 3 rings (SSSR count). The van der Waals surface area contributed by atoms with Crippen molar-refractivity contribution in [3.63, 3.8) is 0 Å². The Morgan fingerprint density at radius 1 is 0.960 bits per heavy atom. The first kappa shape index (κ1) is 16.8. The van der Waals surface area contributed by atoms with Crippen molar-refractivity contribution in [2.75, 3.05) is 5.32 Å². The first-order chi connectivity index (χ1) is 12.0. The van der Waals surface area contributed by atoms with Gasteiger partial charge in [-0.05, 0) is 48.0 Å². The first-order valence-corrected chi connectivity index (χ1v) is 7.51. The highest BCUT2D eigenvalue weighted by molar-refractivity contribution is 5.45. The summed E-state index contributed by atoms with van der Waals surface area (Å²) in [5.41, 5.74) is 0.822. The number of aromatic nitrogens is 1. The minimum Gasteiger partial charge on any atom is -0.439 e. The maximum atomic E-state index is 12.5. The molecule has 1 N–H and O–H groups in total. The average Bonchev–Trinajstić information content (AvgIpc) is 2.62. The number of ether oxygens (including phenoxy) is 1. The third kappa shape index (κ3) is 4.73. The van der Waals surface area contributed by atoms with Gasteiger partial charge in [-0.2, -0.15) is 13.2 Å². The molecule has 0 fully saturated rings.